The summed E-state index contributed by atoms with van der Waals surface area (Å²) in [6, 6.07) is 9.34. The number of hydrogen-bond donors (Lipinski definition) is 1. The Morgan fingerprint density at radius 2 is 1.95 bits per heavy atom. The molecule has 19 heavy (non-hydrogen) atoms. The van der Waals surface area contributed by atoms with Crippen LogP contribution in [0, 0.1) is 0 Å². The van der Waals surface area contributed by atoms with Crippen molar-refractivity contribution in [1.82, 2.24) is 5.32 Å². The van der Waals surface area contributed by atoms with Crippen molar-refractivity contribution >= 4 is 39.5 Å². The van der Waals surface area contributed by atoms with Crippen LogP contribution in [0.5, 0.6) is 0 Å². The first-order valence-electron chi connectivity index (χ1n) is 6.91. The normalized spacial score (nSPS) is 25.2. The van der Waals surface area contributed by atoms with Crippen molar-refractivity contribution in [2.24, 2.45) is 0 Å². The van der Waals surface area contributed by atoms with E-state index in [1.165, 1.54) is 17.1 Å². The lowest BCUT2D eigenvalue weighted by Crippen LogP contribution is -2.45. The van der Waals surface area contributed by atoms with Crippen molar-refractivity contribution in [1.29, 1.82) is 0 Å². The predicted molar refractivity (Wildman–Crippen MR) is 93.5 cm³/mol. The Hall–Kier alpha value is 0.360. The number of rotatable bonds is 5. The minimum atomic E-state index is 0.582. The molecule has 0 radical (unpaired) electrons. The van der Waals surface area contributed by atoms with Gasteiger partial charge in [-0.1, -0.05) is 41.9 Å². The Bertz CT molecular complexity index is 382. The highest BCUT2D eigenvalue weighted by atomic mass is 79.9. The second-order valence-electron chi connectivity index (χ2n) is 4.91. The third kappa shape index (κ3) is 4.69. The van der Waals surface area contributed by atoms with E-state index in [0.29, 0.717) is 6.04 Å². The van der Waals surface area contributed by atoms with Crippen LogP contribution in [0.4, 0.5) is 0 Å². The van der Waals surface area contributed by atoms with Crippen molar-refractivity contribution in [2.45, 2.75) is 36.8 Å². The summed E-state index contributed by atoms with van der Waals surface area (Å²) in [5, 5.41) is 5.17. The standard InChI is InChI=1S/C15H22BrNS2/c1-3-17-14(15-11(2)18-8-9-19-15)10-12-4-6-13(16)7-5-12/h4-7,11,14-15,17H,3,8-10H2,1-2H3. The van der Waals surface area contributed by atoms with Gasteiger partial charge >= 0.3 is 0 Å². The minimum Gasteiger partial charge on any atom is -0.313 e. The highest BCUT2D eigenvalue weighted by Gasteiger charge is 2.29. The maximum Gasteiger partial charge on any atom is 0.0320 e. The maximum atomic E-state index is 3.70. The molecule has 0 spiro atoms. The van der Waals surface area contributed by atoms with Crippen LogP contribution in [-0.4, -0.2) is 34.6 Å². The third-order valence-electron chi connectivity index (χ3n) is 3.47. The summed E-state index contributed by atoms with van der Waals surface area (Å²) in [4.78, 5) is 0. The average molecular weight is 360 g/mol. The third-order valence-corrected chi connectivity index (χ3v) is 7.25. The molecule has 4 heteroatoms. The SMILES string of the molecule is CCNC(Cc1ccc(Br)cc1)C1SCCSC1C. The second-order valence-corrected chi connectivity index (χ2v) is 8.59. The lowest BCUT2D eigenvalue weighted by Gasteiger charge is -2.35. The fourth-order valence-electron chi connectivity index (χ4n) is 2.53. The molecular formula is C15H22BrNS2. The van der Waals surface area contributed by atoms with E-state index in [1.54, 1.807) is 0 Å². The van der Waals surface area contributed by atoms with Gasteiger partial charge in [0.25, 0.3) is 0 Å². The van der Waals surface area contributed by atoms with E-state index in [0.717, 1.165) is 27.9 Å². The van der Waals surface area contributed by atoms with Crippen LogP contribution in [0.3, 0.4) is 0 Å². The van der Waals surface area contributed by atoms with E-state index in [9.17, 15) is 0 Å². The smallest absolute Gasteiger partial charge is 0.0320 e. The van der Waals surface area contributed by atoms with Gasteiger partial charge in [-0.15, -0.1) is 0 Å². The Kier molecular flexibility index (Phi) is 6.60. The van der Waals surface area contributed by atoms with Crippen LogP contribution in [-0.2, 0) is 6.42 Å². The van der Waals surface area contributed by atoms with Gasteiger partial charge in [0.05, 0.1) is 0 Å². The van der Waals surface area contributed by atoms with Crippen LogP contribution in [0.15, 0.2) is 28.7 Å². The number of benzene rings is 1. The highest BCUT2D eigenvalue weighted by molar-refractivity contribution is 9.10. The van der Waals surface area contributed by atoms with Crippen molar-refractivity contribution in [3.8, 4) is 0 Å². The zero-order valence-corrected chi connectivity index (χ0v) is 14.8. The molecule has 2 rings (SSSR count). The summed E-state index contributed by atoms with van der Waals surface area (Å²) in [5.74, 6) is 2.60. The molecule has 3 atom stereocenters. The van der Waals surface area contributed by atoms with Crippen LogP contribution in [0.2, 0.25) is 0 Å². The zero-order valence-electron chi connectivity index (χ0n) is 11.6. The molecule has 0 aromatic heterocycles. The molecule has 1 aromatic carbocycles. The molecule has 0 amide bonds. The summed E-state index contributed by atoms with van der Waals surface area (Å²) in [6.45, 7) is 5.64. The van der Waals surface area contributed by atoms with Crippen LogP contribution >= 0.6 is 39.5 Å². The van der Waals surface area contributed by atoms with Gasteiger partial charge in [0.1, 0.15) is 0 Å². The Morgan fingerprint density at radius 1 is 1.26 bits per heavy atom. The molecule has 1 N–H and O–H groups in total. The van der Waals surface area contributed by atoms with Crippen molar-refractivity contribution in [2.75, 3.05) is 18.1 Å². The molecule has 1 fully saturated rings. The number of thioether (sulfide) groups is 2. The van der Waals surface area contributed by atoms with Gasteiger partial charge in [-0.25, -0.2) is 0 Å². The Balaban J connectivity index is 2.04. The van der Waals surface area contributed by atoms with Crippen molar-refractivity contribution < 1.29 is 0 Å². The van der Waals surface area contributed by atoms with Gasteiger partial charge in [0.15, 0.2) is 0 Å². The number of halogens is 1. The topological polar surface area (TPSA) is 12.0 Å². The first kappa shape index (κ1) is 15.7. The fourth-order valence-corrected chi connectivity index (χ4v) is 5.76. The number of hydrogen-bond acceptors (Lipinski definition) is 3. The van der Waals surface area contributed by atoms with E-state index < -0.39 is 0 Å². The second kappa shape index (κ2) is 7.96. The average Bonchev–Trinajstić information content (AvgIpc) is 2.41. The lowest BCUT2D eigenvalue weighted by molar-refractivity contribution is 0.501. The van der Waals surface area contributed by atoms with Gasteiger partial charge in [-0.2, -0.15) is 23.5 Å². The summed E-state index contributed by atoms with van der Waals surface area (Å²) in [5.41, 5.74) is 1.43. The molecule has 106 valence electrons. The zero-order chi connectivity index (χ0) is 13.7. The summed E-state index contributed by atoms with van der Waals surface area (Å²) < 4.78 is 1.16. The quantitative estimate of drug-likeness (QED) is 0.845. The predicted octanol–water partition coefficient (Wildman–Crippen LogP) is 4.21. The first-order chi connectivity index (χ1) is 9.20. The molecule has 0 bridgehead atoms. The fraction of sp³-hybridized carbons (Fsp3) is 0.600. The molecule has 0 aliphatic carbocycles. The summed E-state index contributed by atoms with van der Waals surface area (Å²) in [6.07, 6.45) is 1.13. The van der Waals surface area contributed by atoms with Gasteiger partial charge in [-0.05, 0) is 30.7 Å². The Morgan fingerprint density at radius 3 is 2.58 bits per heavy atom. The van der Waals surface area contributed by atoms with E-state index in [-0.39, 0.29) is 0 Å². The summed E-state index contributed by atoms with van der Waals surface area (Å²) >= 11 is 7.78. The van der Waals surface area contributed by atoms with E-state index in [2.05, 4.69) is 82.9 Å². The monoisotopic (exact) mass is 359 g/mol. The molecule has 1 saturated heterocycles. The van der Waals surface area contributed by atoms with Gasteiger partial charge < -0.3 is 5.32 Å². The molecule has 3 unspecified atom stereocenters. The molecule has 1 nitrogen and oxygen atoms in total. The highest BCUT2D eigenvalue weighted by Crippen LogP contribution is 2.34. The van der Waals surface area contributed by atoms with Crippen LogP contribution < -0.4 is 5.32 Å². The molecule has 1 aliphatic rings. The lowest BCUT2D eigenvalue weighted by atomic mass is 10.0. The molecule has 1 aliphatic heterocycles. The first-order valence-corrected chi connectivity index (χ1v) is 9.80. The maximum absolute atomic E-state index is 3.70. The van der Waals surface area contributed by atoms with Gasteiger partial charge in [0, 0.05) is 32.5 Å². The van der Waals surface area contributed by atoms with Crippen LogP contribution in [0.25, 0.3) is 0 Å². The van der Waals surface area contributed by atoms with Crippen molar-refractivity contribution in [3.05, 3.63) is 34.3 Å². The molecular weight excluding hydrogens is 338 g/mol. The number of likely N-dealkylation sites (N-methyl/N-ethyl adjacent to an activating group) is 1. The number of nitrogens with one attached hydrogen (secondary N) is 1. The largest absolute Gasteiger partial charge is 0.313 e. The summed E-state index contributed by atoms with van der Waals surface area (Å²) in [7, 11) is 0. The van der Waals surface area contributed by atoms with Crippen molar-refractivity contribution in [3.63, 3.8) is 0 Å². The van der Waals surface area contributed by atoms with E-state index in [4.69, 9.17) is 0 Å². The van der Waals surface area contributed by atoms with E-state index in [1.807, 2.05) is 0 Å². The Labute approximate surface area is 133 Å². The minimum absolute atomic E-state index is 0.582. The van der Waals surface area contributed by atoms with Crippen LogP contribution in [0.1, 0.15) is 19.4 Å². The van der Waals surface area contributed by atoms with Gasteiger partial charge in [-0.3, -0.25) is 0 Å². The van der Waals surface area contributed by atoms with E-state index >= 15 is 0 Å². The molecule has 1 aromatic rings. The van der Waals surface area contributed by atoms with Gasteiger partial charge in [0.2, 0.25) is 0 Å². The molecule has 1 heterocycles. The molecule has 0 saturated carbocycles.